The molecule has 6 heteroatoms. The van der Waals surface area contributed by atoms with Gasteiger partial charge in [0.1, 0.15) is 5.82 Å². The average Bonchev–Trinajstić information content (AvgIpc) is 2.61. The molecule has 0 saturated carbocycles. The lowest BCUT2D eigenvalue weighted by Crippen LogP contribution is -2.30. The Morgan fingerprint density at radius 2 is 1.56 bits per heavy atom. The van der Waals surface area contributed by atoms with E-state index in [1.54, 1.807) is 42.5 Å². The Hall–Kier alpha value is -2.37. The van der Waals surface area contributed by atoms with E-state index in [2.05, 4.69) is 0 Å². The third kappa shape index (κ3) is 4.00. The summed E-state index contributed by atoms with van der Waals surface area (Å²) in [5.74, 6) is -0.427. The zero-order valence-corrected chi connectivity index (χ0v) is 14.7. The van der Waals surface area contributed by atoms with E-state index in [-0.39, 0.29) is 11.4 Å². The van der Waals surface area contributed by atoms with Gasteiger partial charge >= 0.3 is 0 Å². The van der Waals surface area contributed by atoms with Crippen LogP contribution in [0.3, 0.4) is 0 Å². The highest BCUT2D eigenvalue weighted by molar-refractivity contribution is 7.92. The molecular formula is C19H15ClFNO2S. The Kier molecular flexibility index (Phi) is 5.06. The summed E-state index contributed by atoms with van der Waals surface area (Å²) >= 11 is 6.01. The van der Waals surface area contributed by atoms with Gasteiger partial charge in [-0.3, -0.25) is 4.31 Å². The van der Waals surface area contributed by atoms with Crippen LogP contribution in [0.15, 0.2) is 83.8 Å². The maximum Gasteiger partial charge on any atom is 0.264 e. The highest BCUT2D eigenvalue weighted by atomic mass is 35.5. The number of hydrogen-bond acceptors (Lipinski definition) is 2. The van der Waals surface area contributed by atoms with E-state index in [0.29, 0.717) is 10.7 Å². The van der Waals surface area contributed by atoms with Crippen molar-refractivity contribution < 1.29 is 12.8 Å². The van der Waals surface area contributed by atoms with Gasteiger partial charge in [-0.25, -0.2) is 12.8 Å². The van der Waals surface area contributed by atoms with Gasteiger partial charge in [-0.05, 0) is 54.1 Å². The molecule has 0 fully saturated rings. The first kappa shape index (κ1) is 17.5. The molecule has 0 aliphatic carbocycles. The van der Waals surface area contributed by atoms with Crippen molar-refractivity contribution in [2.75, 3.05) is 4.31 Å². The Bertz CT molecular complexity index is 960. The van der Waals surface area contributed by atoms with Crippen LogP contribution in [-0.4, -0.2) is 8.42 Å². The van der Waals surface area contributed by atoms with Gasteiger partial charge in [0.15, 0.2) is 0 Å². The van der Waals surface area contributed by atoms with Crippen molar-refractivity contribution in [3.05, 3.63) is 95.3 Å². The van der Waals surface area contributed by atoms with Crippen LogP contribution in [0.5, 0.6) is 0 Å². The van der Waals surface area contributed by atoms with Crippen LogP contribution in [0.25, 0.3) is 0 Å². The van der Waals surface area contributed by atoms with Crippen molar-refractivity contribution in [2.45, 2.75) is 11.4 Å². The third-order valence-electron chi connectivity index (χ3n) is 3.66. The van der Waals surface area contributed by atoms with Crippen LogP contribution < -0.4 is 4.31 Å². The Morgan fingerprint density at radius 1 is 0.880 bits per heavy atom. The Balaban J connectivity index is 2.07. The summed E-state index contributed by atoms with van der Waals surface area (Å²) in [6.07, 6.45) is 0. The average molecular weight is 376 g/mol. The molecule has 0 spiro atoms. The minimum absolute atomic E-state index is 0.0867. The molecule has 128 valence electrons. The van der Waals surface area contributed by atoms with Gasteiger partial charge in [0.2, 0.25) is 0 Å². The zero-order chi connectivity index (χ0) is 17.9. The highest BCUT2D eigenvalue weighted by Gasteiger charge is 2.25. The normalized spacial score (nSPS) is 11.3. The number of sulfonamides is 1. The van der Waals surface area contributed by atoms with Crippen molar-refractivity contribution >= 4 is 27.3 Å². The fourth-order valence-corrected chi connectivity index (χ4v) is 4.13. The van der Waals surface area contributed by atoms with E-state index in [4.69, 9.17) is 11.6 Å². The topological polar surface area (TPSA) is 37.4 Å². The monoisotopic (exact) mass is 375 g/mol. The lowest BCUT2D eigenvalue weighted by molar-refractivity contribution is 0.590. The molecule has 3 nitrogen and oxygen atoms in total. The van der Waals surface area contributed by atoms with Crippen molar-refractivity contribution in [2.24, 2.45) is 0 Å². The molecule has 3 aromatic rings. The number of halogens is 2. The number of hydrogen-bond donors (Lipinski definition) is 0. The molecule has 3 rings (SSSR count). The fourth-order valence-electron chi connectivity index (χ4n) is 2.44. The number of rotatable bonds is 5. The molecule has 0 aliphatic heterocycles. The molecule has 0 amide bonds. The minimum Gasteiger partial charge on any atom is -0.262 e. The molecule has 0 radical (unpaired) electrons. The van der Waals surface area contributed by atoms with E-state index in [9.17, 15) is 12.8 Å². The summed E-state index contributed by atoms with van der Waals surface area (Å²) in [5, 5.41) is 0.522. The fraction of sp³-hybridized carbons (Fsp3) is 0.0526. The quantitative estimate of drug-likeness (QED) is 0.637. The van der Waals surface area contributed by atoms with Gasteiger partial charge in [-0.15, -0.1) is 0 Å². The predicted octanol–water partition coefficient (Wildman–Crippen LogP) is 4.87. The van der Waals surface area contributed by atoms with Crippen molar-refractivity contribution in [3.63, 3.8) is 0 Å². The van der Waals surface area contributed by atoms with Gasteiger partial charge in [0.25, 0.3) is 10.0 Å². The lowest BCUT2D eigenvalue weighted by atomic mass is 10.2. The summed E-state index contributed by atoms with van der Waals surface area (Å²) < 4.78 is 40.7. The van der Waals surface area contributed by atoms with Crippen LogP contribution in [0, 0.1) is 5.82 Å². The number of benzene rings is 3. The van der Waals surface area contributed by atoms with E-state index >= 15 is 0 Å². The zero-order valence-electron chi connectivity index (χ0n) is 13.1. The van der Waals surface area contributed by atoms with Crippen LogP contribution in [0.2, 0.25) is 5.02 Å². The number of anilines is 1. The summed E-state index contributed by atoms with van der Waals surface area (Å²) in [5.41, 5.74) is 1.11. The second-order valence-corrected chi connectivity index (χ2v) is 7.73. The molecule has 0 unspecified atom stereocenters. The second kappa shape index (κ2) is 7.25. The molecule has 0 aromatic heterocycles. The second-order valence-electron chi connectivity index (χ2n) is 5.43. The van der Waals surface area contributed by atoms with Gasteiger partial charge < -0.3 is 0 Å². The molecule has 0 N–H and O–H groups in total. The van der Waals surface area contributed by atoms with Crippen molar-refractivity contribution in [1.29, 1.82) is 0 Å². The predicted molar refractivity (Wildman–Crippen MR) is 97.7 cm³/mol. The first-order valence-corrected chi connectivity index (χ1v) is 9.36. The van der Waals surface area contributed by atoms with E-state index < -0.39 is 15.8 Å². The molecule has 0 bridgehead atoms. The molecule has 0 atom stereocenters. The van der Waals surface area contributed by atoms with Gasteiger partial charge in [-0.2, -0.15) is 0 Å². The molecule has 25 heavy (non-hydrogen) atoms. The first-order valence-electron chi connectivity index (χ1n) is 7.54. The van der Waals surface area contributed by atoms with Crippen molar-refractivity contribution in [1.82, 2.24) is 0 Å². The maximum absolute atomic E-state index is 13.3. The molecule has 0 saturated heterocycles. The summed E-state index contributed by atoms with van der Waals surface area (Å²) in [4.78, 5) is 0.168. The maximum atomic E-state index is 13.3. The highest BCUT2D eigenvalue weighted by Crippen LogP contribution is 2.26. The van der Waals surface area contributed by atoms with Crippen molar-refractivity contribution in [3.8, 4) is 0 Å². The summed E-state index contributed by atoms with van der Waals surface area (Å²) in [7, 11) is -3.81. The summed E-state index contributed by atoms with van der Waals surface area (Å²) in [6.45, 7) is 0.0867. The van der Waals surface area contributed by atoms with E-state index in [1.165, 1.54) is 40.7 Å². The Morgan fingerprint density at radius 3 is 2.20 bits per heavy atom. The van der Waals surface area contributed by atoms with E-state index in [1.807, 2.05) is 0 Å². The Labute approximate surface area is 151 Å². The SMILES string of the molecule is O=S(=O)(c1ccccc1)N(Cc1cccc(Cl)c1)c1ccc(F)cc1. The van der Waals surface area contributed by atoms with Gasteiger partial charge in [0, 0.05) is 5.02 Å². The van der Waals surface area contributed by atoms with Crippen LogP contribution in [-0.2, 0) is 16.6 Å². The molecule has 0 aliphatic rings. The first-order chi connectivity index (χ1) is 12.0. The van der Waals surface area contributed by atoms with Crippen LogP contribution in [0.4, 0.5) is 10.1 Å². The van der Waals surface area contributed by atoms with Gasteiger partial charge in [-0.1, -0.05) is 41.9 Å². The van der Waals surface area contributed by atoms with Crippen LogP contribution in [0.1, 0.15) is 5.56 Å². The minimum atomic E-state index is -3.81. The summed E-state index contributed by atoms with van der Waals surface area (Å²) in [6, 6.07) is 20.5. The molecule has 0 heterocycles. The smallest absolute Gasteiger partial charge is 0.262 e. The third-order valence-corrected chi connectivity index (χ3v) is 5.68. The lowest BCUT2D eigenvalue weighted by Gasteiger charge is -2.25. The van der Waals surface area contributed by atoms with Gasteiger partial charge in [0.05, 0.1) is 17.1 Å². The van der Waals surface area contributed by atoms with E-state index in [0.717, 1.165) is 5.56 Å². The largest absolute Gasteiger partial charge is 0.264 e. The van der Waals surface area contributed by atoms with Crippen LogP contribution >= 0.6 is 11.6 Å². The standard InChI is InChI=1S/C19H15ClFNO2S/c20-16-6-4-5-15(13-16)14-22(18-11-9-17(21)10-12-18)25(23,24)19-7-2-1-3-8-19/h1-13H,14H2. The molecular weight excluding hydrogens is 361 g/mol. The molecule has 3 aromatic carbocycles. The number of nitrogens with zero attached hydrogens (tertiary/aromatic N) is 1.